The van der Waals surface area contributed by atoms with Crippen molar-refractivity contribution in [3.8, 4) is 16.9 Å². The third kappa shape index (κ3) is 2.41. The lowest BCUT2D eigenvalue weighted by molar-refractivity contribution is 0.185. The molecule has 2 heteroatoms. The van der Waals surface area contributed by atoms with Crippen LogP contribution in [0.4, 0.5) is 0 Å². The second-order valence-corrected chi connectivity index (χ2v) is 3.68. The lowest BCUT2D eigenvalue weighted by Crippen LogP contribution is -1.86. The van der Waals surface area contributed by atoms with Crippen molar-refractivity contribution >= 4 is 0 Å². The topological polar surface area (TPSA) is 29.5 Å². The van der Waals surface area contributed by atoms with E-state index in [2.05, 4.69) is 12.1 Å². The van der Waals surface area contributed by atoms with Gasteiger partial charge in [0.25, 0.3) is 0 Å². The molecule has 82 valence electrons. The highest BCUT2D eigenvalue weighted by Crippen LogP contribution is 2.22. The molecule has 0 fully saturated rings. The molecular weight excluding hydrogens is 200 g/mol. The van der Waals surface area contributed by atoms with Gasteiger partial charge in [-0.1, -0.05) is 36.4 Å². The van der Waals surface area contributed by atoms with E-state index in [-0.39, 0.29) is 0 Å². The number of rotatable bonds is 3. The van der Waals surface area contributed by atoms with Gasteiger partial charge in [-0.05, 0) is 28.8 Å². The van der Waals surface area contributed by atoms with Gasteiger partial charge in [0.1, 0.15) is 5.75 Å². The maximum Gasteiger partial charge on any atom is 0.115 e. The van der Waals surface area contributed by atoms with E-state index in [4.69, 9.17) is 4.74 Å². The van der Waals surface area contributed by atoms with Gasteiger partial charge in [-0.2, -0.15) is 0 Å². The molecule has 0 aliphatic heterocycles. The Morgan fingerprint density at radius 2 is 1.38 bits per heavy atom. The van der Waals surface area contributed by atoms with Crippen LogP contribution in [-0.2, 0) is 11.3 Å². The second-order valence-electron chi connectivity index (χ2n) is 3.68. The van der Waals surface area contributed by atoms with E-state index in [1.54, 1.807) is 19.2 Å². The SMILES string of the molecule is COCc1ccc(-c2ccc(O)cc2)cc1. The summed E-state index contributed by atoms with van der Waals surface area (Å²) in [5.74, 6) is 0.291. The molecule has 1 N–H and O–H groups in total. The van der Waals surface area contributed by atoms with Gasteiger partial charge in [0.05, 0.1) is 6.61 Å². The van der Waals surface area contributed by atoms with Crippen molar-refractivity contribution in [1.82, 2.24) is 0 Å². The van der Waals surface area contributed by atoms with Crippen molar-refractivity contribution in [3.05, 3.63) is 54.1 Å². The van der Waals surface area contributed by atoms with E-state index in [1.807, 2.05) is 24.3 Å². The summed E-state index contributed by atoms with van der Waals surface area (Å²) >= 11 is 0. The summed E-state index contributed by atoms with van der Waals surface area (Å²) < 4.78 is 5.06. The Labute approximate surface area is 95.1 Å². The number of phenolic OH excluding ortho intramolecular Hbond substituents is 1. The predicted molar refractivity (Wildman–Crippen MR) is 64.3 cm³/mol. The van der Waals surface area contributed by atoms with Crippen LogP contribution in [0.3, 0.4) is 0 Å². The summed E-state index contributed by atoms with van der Waals surface area (Å²) in [7, 11) is 1.69. The Hall–Kier alpha value is -1.80. The van der Waals surface area contributed by atoms with Crippen molar-refractivity contribution in [2.75, 3.05) is 7.11 Å². The van der Waals surface area contributed by atoms with Crippen LogP contribution < -0.4 is 0 Å². The van der Waals surface area contributed by atoms with E-state index in [1.165, 1.54) is 0 Å². The largest absolute Gasteiger partial charge is 0.508 e. The third-order valence-electron chi connectivity index (χ3n) is 2.47. The highest BCUT2D eigenvalue weighted by Gasteiger charge is 1.98. The summed E-state index contributed by atoms with van der Waals surface area (Å²) in [6.45, 7) is 0.635. The van der Waals surface area contributed by atoms with E-state index in [9.17, 15) is 5.11 Å². The molecule has 0 atom stereocenters. The fraction of sp³-hybridized carbons (Fsp3) is 0.143. The summed E-state index contributed by atoms with van der Waals surface area (Å²) in [5, 5.41) is 9.20. The van der Waals surface area contributed by atoms with Gasteiger partial charge in [-0.15, -0.1) is 0 Å². The van der Waals surface area contributed by atoms with Crippen molar-refractivity contribution in [3.63, 3.8) is 0 Å². The van der Waals surface area contributed by atoms with Gasteiger partial charge in [0.15, 0.2) is 0 Å². The van der Waals surface area contributed by atoms with E-state index < -0.39 is 0 Å². The molecule has 0 aromatic heterocycles. The smallest absolute Gasteiger partial charge is 0.115 e. The lowest BCUT2D eigenvalue weighted by Gasteiger charge is -2.04. The number of methoxy groups -OCH3 is 1. The van der Waals surface area contributed by atoms with Crippen molar-refractivity contribution in [2.24, 2.45) is 0 Å². The average molecular weight is 214 g/mol. The van der Waals surface area contributed by atoms with Crippen molar-refractivity contribution in [1.29, 1.82) is 0 Å². The van der Waals surface area contributed by atoms with E-state index in [0.29, 0.717) is 12.4 Å². The van der Waals surface area contributed by atoms with Crippen LogP contribution in [0.2, 0.25) is 0 Å². The molecule has 0 saturated carbocycles. The molecule has 0 heterocycles. The van der Waals surface area contributed by atoms with Crippen LogP contribution in [0.5, 0.6) is 5.75 Å². The van der Waals surface area contributed by atoms with Crippen molar-refractivity contribution in [2.45, 2.75) is 6.61 Å². The zero-order chi connectivity index (χ0) is 11.4. The van der Waals surface area contributed by atoms with Gasteiger partial charge in [-0.3, -0.25) is 0 Å². The fourth-order valence-corrected chi connectivity index (χ4v) is 1.61. The molecule has 0 spiro atoms. The molecule has 0 unspecified atom stereocenters. The first-order chi connectivity index (χ1) is 7.79. The van der Waals surface area contributed by atoms with Crippen LogP contribution >= 0.6 is 0 Å². The highest BCUT2D eigenvalue weighted by molar-refractivity contribution is 5.64. The summed E-state index contributed by atoms with van der Waals surface area (Å²) in [5.41, 5.74) is 3.40. The molecule has 16 heavy (non-hydrogen) atoms. The van der Waals surface area contributed by atoms with E-state index in [0.717, 1.165) is 16.7 Å². The Morgan fingerprint density at radius 1 is 0.875 bits per heavy atom. The molecule has 2 aromatic rings. The number of benzene rings is 2. The Morgan fingerprint density at radius 3 is 1.88 bits per heavy atom. The molecule has 0 amide bonds. The Kier molecular flexibility index (Phi) is 3.22. The molecule has 0 aliphatic carbocycles. The van der Waals surface area contributed by atoms with Gasteiger partial charge >= 0.3 is 0 Å². The second kappa shape index (κ2) is 4.81. The molecule has 2 nitrogen and oxygen atoms in total. The van der Waals surface area contributed by atoms with Gasteiger partial charge < -0.3 is 9.84 Å². The summed E-state index contributed by atoms with van der Waals surface area (Å²) in [6, 6.07) is 15.4. The third-order valence-corrected chi connectivity index (χ3v) is 2.47. The number of phenols is 1. The first kappa shape index (κ1) is 10.7. The number of ether oxygens (including phenoxy) is 1. The molecule has 0 radical (unpaired) electrons. The van der Waals surface area contributed by atoms with Crippen LogP contribution in [0.1, 0.15) is 5.56 Å². The number of hydrogen-bond acceptors (Lipinski definition) is 2. The molecule has 0 bridgehead atoms. The minimum atomic E-state index is 0.291. The standard InChI is InChI=1S/C14H14O2/c1-16-10-11-2-4-12(5-3-11)13-6-8-14(15)9-7-13/h2-9,15H,10H2,1H3. The van der Waals surface area contributed by atoms with Crippen LogP contribution in [0.15, 0.2) is 48.5 Å². The molecule has 0 aliphatic rings. The van der Waals surface area contributed by atoms with Crippen LogP contribution in [0, 0.1) is 0 Å². The summed E-state index contributed by atoms with van der Waals surface area (Å²) in [4.78, 5) is 0. The van der Waals surface area contributed by atoms with Crippen molar-refractivity contribution < 1.29 is 9.84 Å². The van der Waals surface area contributed by atoms with Crippen LogP contribution in [0.25, 0.3) is 11.1 Å². The van der Waals surface area contributed by atoms with Gasteiger partial charge in [0.2, 0.25) is 0 Å². The molecule has 2 rings (SSSR count). The first-order valence-electron chi connectivity index (χ1n) is 5.17. The zero-order valence-corrected chi connectivity index (χ0v) is 9.18. The maximum absolute atomic E-state index is 9.20. The molecular formula is C14H14O2. The molecule has 0 saturated heterocycles. The first-order valence-corrected chi connectivity index (χ1v) is 5.17. The monoisotopic (exact) mass is 214 g/mol. The summed E-state index contributed by atoms with van der Waals surface area (Å²) in [6.07, 6.45) is 0. The quantitative estimate of drug-likeness (QED) is 0.850. The Balaban J connectivity index is 2.24. The van der Waals surface area contributed by atoms with Gasteiger partial charge in [0, 0.05) is 7.11 Å². The highest BCUT2D eigenvalue weighted by atomic mass is 16.5. The Bertz CT molecular complexity index is 443. The maximum atomic E-state index is 9.20. The normalized spacial score (nSPS) is 10.3. The lowest BCUT2D eigenvalue weighted by atomic mass is 10.0. The minimum Gasteiger partial charge on any atom is -0.508 e. The number of hydrogen-bond donors (Lipinski definition) is 1. The molecule has 2 aromatic carbocycles. The minimum absolute atomic E-state index is 0.291. The van der Waals surface area contributed by atoms with E-state index >= 15 is 0 Å². The average Bonchev–Trinajstić information content (AvgIpc) is 2.32. The number of aromatic hydroxyl groups is 1. The van der Waals surface area contributed by atoms with Crippen LogP contribution in [-0.4, -0.2) is 12.2 Å². The fourth-order valence-electron chi connectivity index (χ4n) is 1.61. The predicted octanol–water partition coefficient (Wildman–Crippen LogP) is 3.21. The zero-order valence-electron chi connectivity index (χ0n) is 9.18. The van der Waals surface area contributed by atoms with Gasteiger partial charge in [-0.25, -0.2) is 0 Å².